The SMILES string of the molecule is CC[C@]1(O)CC[C@@]2(C)C(=CC[C@H]3[C@@H]4CC[C@H](CCC[C@@H](O)C(F)(F)F)[C@@]4(C)CC[C@@H]32)C1. The van der Waals surface area contributed by atoms with Crippen LogP contribution in [0.3, 0.4) is 0 Å². The van der Waals surface area contributed by atoms with Gasteiger partial charge in [-0.1, -0.05) is 38.8 Å². The quantitative estimate of drug-likeness (QED) is 0.460. The smallest absolute Gasteiger partial charge is 0.390 e. The van der Waals surface area contributed by atoms with Crippen LogP contribution in [0.4, 0.5) is 13.2 Å². The second-order valence-electron chi connectivity index (χ2n) is 11.8. The van der Waals surface area contributed by atoms with Gasteiger partial charge in [-0.05, 0) is 105 Å². The number of hydrogen-bond donors (Lipinski definition) is 2. The van der Waals surface area contributed by atoms with Gasteiger partial charge in [-0.3, -0.25) is 0 Å². The van der Waals surface area contributed by atoms with Crippen LogP contribution in [0, 0.1) is 34.5 Å². The first kappa shape index (κ1) is 23.6. The summed E-state index contributed by atoms with van der Waals surface area (Å²) in [5.41, 5.74) is 1.40. The minimum atomic E-state index is -4.49. The molecule has 0 aromatic heterocycles. The van der Waals surface area contributed by atoms with Crippen LogP contribution in [0.1, 0.15) is 97.8 Å². The normalized spacial score (nSPS) is 46.0. The number of hydrogen-bond acceptors (Lipinski definition) is 2. The lowest BCUT2D eigenvalue weighted by Crippen LogP contribution is -2.52. The summed E-state index contributed by atoms with van der Waals surface area (Å²) < 4.78 is 38.0. The first-order valence-electron chi connectivity index (χ1n) is 12.6. The first-order valence-corrected chi connectivity index (χ1v) is 12.6. The number of rotatable bonds is 5. The monoisotopic (exact) mass is 442 g/mol. The van der Waals surface area contributed by atoms with Gasteiger partial charge in [0.05, 0.1) is 5.60 Å². The zero-order chi connectivity index (χ0) is 22.7. The van der Waals surface area contributed by atoms with Gasteiger partial charge in [-0.2, -0.15) is 13.2 Å². The van der Waals surface area contributed by atoms with E-state index in [1.165, 1.54) is 24.8 Å². The standard InChI is InChI=1S/C26H41F3O2/c1-4-25(31)15-14-24(3)18(16-25)8-10-19-20-11-9-17(23(20,2)13-12-21(19)24)6-5-7-22(30)26(27,28)29/h8,17,19-22,30-31H,4-7,9-16H2,1-3H3/t17-,19-,20-,21-,22+,23+,24-,25-/m0/s1. The molecule has 3 fully saturated rings. The predicted octanol–water partition coefficient (Wildman–Crippen LogP) is 6.80. The van der Waals surface area contributed by atoms with E-state index in [0.717, 1.165) is 44.9 Å². The highest BCUT2D eigenvalue weighted by Crippen LogP contribution is 2.67. The van der Waals surface area contributed by atoms with Gasteiger partial charge in [0.15, 0.2) is 0 Å². The van der Waals surface area contributed by atoms with Gasteiger partial charge in [0, 0.05) is 0 Å². The Labute approximate surface area is 185 Å². The molecule has 4 aliphatic carbocycles. The van der Waals surface area contributed by atoms with E-state index in [0.29, 0.717) is 30.1 Å². The number of allylic oxidation sites excluding steroid dienone is 1. The number of alkyl halides is 3. The summed E-state index contributed by atoms with van der Waals surface area (Å²) in [4.78, 5) is 0. The lowest BCUT2D eigenvalue weighted by Gasteiger charge is -2.59. The minimum Gasteiger partial charge on any atom is -0.390 e. The summed E-state index contributed by atoms with van der Waals surface area (Å²) in [5.74, 6) is 2.49. The molecule has 8 atom stereocenters. The van der Waals surface area contributed by atoms with Crippen molar-refractivity contribution in [3.63, 3.8) is 0 Å². The number of aliphatic hydroxyl groups is 2. The minimum absolute atomic E-state index is 0.169. The van der Waals surface area contributed by atoms with Crippen molar-refractivity contribution in [3.05, 3.63) is 11.6 Å². The van der Waals surface area contributed by atoms with Crippen LogP contribution in [0.25, 0.3) is 0 Å². The van der Waals surface area contributed by atoms with E-state index >= 15 is 0 Å². The molecule has 0 saturated heterocycles. The van der Waals surface area contributed by atoms with Crippen molar-refractivity contribution in [2.75, 3.05) is 0 Å². The number of aliphatic hydroxyl groups excluding tert-OH is 1. The fourth-order valence-electron chi connectivity index (χ4n) is 8.32. The molecule has 2 N–H and O–H groups in total. The Bertz CT molecular complexity index is 703. The molecule has 0 aromatic rings. The Morgan fingerprint density at radius 3 is 2.52 bits per heavy atom. The van der Waals surface area contributed by atoms with Crippen LogP contribution < -0.4 is 0 Å². The maximum atomic E-state index is 12.7. The second kappa shape index (κ2) is 8.04. The molecule has 0 heterocycles. The van der Waals surface area contributed by atoms with Crippen molar-refractivity contribution in [2.24, 2.45) is 34.5 Å². The highest BCUT2D eigenvalue weighted by Gasteiger charge is 2.59. The van der Waals surface area contributed by atoms with E-state index in [1.807, 2.05) is 0 Å². The fraction of sp³-hybridized carbons (Fsp3) is 0.923. The molecule has 0 radical (unpaired) electrons. The molecular weight excluding hydrogens is 401 g/mol. The molecule has 0 bridgehead atoms. The molecule has 0 unspecified atom stereocenters. The Morgan fingerprint density at radius 1 is 1.10 bits per heavy atom. The van der Waals surface area contributed by atoms with E-state index in [1.54, 1.807) is 0 Å². The van der Waals surface area contributed by atoms with Crippen LogP contribution in [0.5, 0.6) is 0 Å². The van der Waals surface area contributed by atoms with Crippen molar-refractivity contribution in [2.45, 2.75) is 116 Å². The Hall–Kier alpha value is -0.550. The molecule has 5 heteroatoms. The maximum absolute atomic E-state index is 12.7. The summed E-state index contributed by atoms with van der Waals surface area (Å²) in [6.07, 6.45) is 6.30. The average Bonchev–Trinajstić information content (AvgIpc) is 3.04. The first-order chi connectivity index (χ1) is 14.4. The topological polar surface area (TPSA) is 40.5 Å². The summed E-state index contributed by atoms with van der Waals surface area (Å²) in [6.45, 7) is 6.94. The van der Waals surface area contributed by atoms with Gasteiger partial charge in [-0.25, -0.2) is 0 Å². The van der Waals surface area contributed by atoms with Gasteiger partial charge < -0.3 is 10.2 Å². The lowest BCUT2D eigenvalue weighted by molar-refractivity contribution is -0.205. The van der Waals surface area contributed by atoms with Crippen LogP contribution in [0.2, 0.25) is 0 Å². The molecule has 4 rings (SSSR count). The van der Waals surface area contributed by atoms with E-state index in [9.17, 15) is 23.4 Å². The van der Waals surface area contributed by atoms with Gasteiger partial charge in [0.2, 0.25) is 0 Å². The predicted molar refractivity (Wildman–Crippen MR) is 116 cm³/mol. The third kappa shape index (κ3) is 4.00. The maximum Gasteiger partial charge on any atom is 0.414 e. The van der Waals surface area contributed by atoms with E-state index in [-0.39, 0.29) is 17.3 Å². The molecular formula is C26H41F3O2. The van der Waals surface area contributed by atoms with E-state index < -0.39 is 17.9 Å². The highest BCUT2D eigenvalue weighted by molar-refractivity contribution is 5.27. The van der Waals surface area contributed by atoms with E-state index in [4.69, 9.17) is 0 Å². The number of fused-ring (bicyclic) bond motifs is 5. The van der Waals surface area contributed by atoms with Crippen molar-refractivity contribution >= 4 is 0 Å². The zero-order valence-electron chi connectivity index (χ0n) is 19.5. The molecule has 0 aromatic carbocycles. The van der Waals surface area contributed by atoms with Crippen LogP contribution in [0.15, 0.2) is 11.6 Å². The van der Waals surface area contributed by atoms with Gasteiger partial charge in [0.1, 0.15) is 6.10 Å². The largest absolute Gasteiger partial charge is 0.414 e. The molecule has 0 spiro atoms. The van der Waals surface area contributed by atoms with Gasteiger partial charge in [0.25, 0.3) is 0 Å². The Balaban J connectivity index is 1.45. The molecule has 31 heavy (non-hydrogen) atoms. The summed E-state index contributed by atoms with van der Waals surface area (Å²) in [6, 6.07) is 0. The van der Waals surface area contributed by atoms with Crippen molar-refractivity contribution < 1.29 is 23.4 Å². The van der Waals surface area contributed by atoms with E-state index in [2.05, 4.69) is 26.8 Å². The third-order valence-electron chi connectivity index (χ3n) is 10.5. The number of halogens is 3. The highest BCUT2D eigenvalue weighted by atomic mass is 19.4. The fourth-order valence-corrected chi connectivity index (χ4v) is 8.32. The van der Waals surface area contributed by atoms with Gasteiger partial charge >= 0.3 is 6.18 Å². The summed E-state index contributed by atoms with van der Waals surface area (Å²) in [5, 5.41) is 20.3. The van der Waals surface area contributed by atoms with Crippen LogP contribution in [-0.2, 0) is 0 Å². The molecule has 2 nitrogen and oxygen atoms in total. The zero-order valence-corrected chi connectivity index (χ0v) is 19.5. The van der Waals surface area contributed by atoms with Crippen LogP contribution >= 0.6 is 0 Å². The summed E-state index contributed by atoms with van der Waals surface area (Å²) in [7, 11) is 0. The van der Waals surface area contributed by atoms with Crippen molar-refractivity contribution in [1.29, 1.82) is 0 Å². The Kier molecular flexibility index (Phi) is 6.12. The molecule has 4 aliphatic rings. The molecule has 0 amide bonds. The van der Waals surface area contributed by atoms with Gasteiger partial charge in [-0.15, -0.1) is 0 Å². The van der Waals surface area contributed by atoms with Crippen molar-refractivity contribution in [1.82, 2.24) is 0 Å². The third-order valence-corrected chi connectivity index (χ3v) is 10.5. The Morgan fingerprint density at radius 2 is 1.84 bits per heavy atom. The summed E-state index contributed by atoms with van der Waals surface area (Å²) >= 11 is 0. The van der Waals surface area contributed by atoms with Crippen molar-refractivity contribution in [3.8, 4) is 0 Å². The molecule has 3 saturated carbocycles. The molecule has 0 aliphatic heterocycles. The van der Waals surface area contributed by atoms with Crippen LogP contribution in [-0.4, -0.2) is 28.1 Å². The average molecular weight is 443 g/mol. The molecule has 178 valence electrons. The lowest BCUT2D eigenvalue weighted by atomic mass is 9.46. The second-order valence-corrected chi connectivity index (χ2v) is 11.8.